The molecule has 1 unspecified atom stereocenters. The van der Waals surface area contributed by atoms with Gasteiger partial charge < -0.3 is 5.73 Å². The molecule has 0 aromatic heterocycles. The maximum Gasteiger partial charge on any atom is -0.00229 e. The van der Waals surface area contributed by atoms with Gasteiger partial charge in [-0.1, -0.05) is 68.4 Å². The third kappa shape index (κ3) is 4.71. The molecule has 112 valence electrons. The second-order valence-electron chi connectivity index (χ2n) is 6.27. The molecule has 1 atom stereocenters. The van der Waals surface area contributed by atoms with Crippen LogP contribution in [0, 0.1) is 5.92 Å². The number of benzene rings is 2. The number of hydrogen-bond donors (Lipinski definition) is 1. The molecule has 2 rings (SSSR count). The third-order valence-electron chi connectivity index (χ3n) is 4.00. The Hall–Kier alpha value is -1.60. The second-order valence-corrected chi connectivity index (χ2v) is 6.27. The number of rotatable bonds is 7. The summed E-state index contributed by atoms with van der Waals surface area (Å²) in [6.45, 7) is 5.35. The average Bonchev–Trinajstić information content (AvgIpc) is 2.48. The maximum absolute atomic E-state index is 5.85. The highest BCUT2D eigenvalue weighted by atomic mass is 14.5. The first-order valence-corrected chi connectivity index (χ1v) is 8.02. The molecule has 2 aromatic rings. The molecule has 0 saturated heterocycles. The highest BCUT2D eigenvalue weighted by Gasteiger charge is 2.16. The average molecular weight is 281 g/mol. The monoisotopic (exact) mass is 281 g/mol. The molecular formula is C20H27N. The summed E-state index contributed by atoms with van der Waals surface area (Å²) in [6.07, 6.45) is 3.29. The molecule has 0 aliphatic carbocycles. The first-order valence-electron chi connectivity index (χ1n) is 8.02. The fraction of sp³-hybridized carbons (Fsp3) is 0.400. The van der Waals surface area contributed by atoms with Gasteiger partial charge in [-0.25, -0.2) is 0 Å². The lowest BCUT2D eigenvalue weighted by atomic mass is 9.84. The zero-order chi connectivity index (χ0) is 15.1. The fourth-order valence-electron chi connectivity index (χ4n) is 3.08. The molecule has 2 aromatic carbocycles. The summed E-state index contributed by atoms with van der Waals surface area (Å²) in [5.41, 5.74) is 10.2. The van der Waals surface area contributed by atoms with Gasteiger partial charge in [0.25, 0.3) is 0 Å². The summed E-state index contributed by atoms with van der Waals surface area (Å²) in [5.74, 6) is 1.28. The van der Waals surface area contributed by atoms with E-state index in [9.17, 15) is 0 Å². The first-order chi connectivity index (χ1) is 10.2. The van der Waals surface area contributed by atoms with Crippen LogP contribution in [0.4, 0.5) is 0 Å². The molecule has 0 radical (unpaired) electrons. The van der Waals surface area contributed by atoms with Crippen molar-refractivity contribution in [3.05, 3.63) is 71.3 Å². The fourth-order valence-corrected chi connectivity index (χ4v) is 3.08. The van der Waals surface area contributed by atoms with E-state index in [1.54, 1.807) is 0 Å². The van der Waals surface area contributed by atoms with Gasteiger partial charge in [-0.05, 0) is 54.3 Å². The van der Waals surface area contributed by atoms with E-state index < -0.39 is 0 Å². The standard InChI is InChI=1S/C20H27N/c1-16(2)14-19(12-13-21)20-11-7-6-10-18(20)15-17-8-4-3-5-9-17/h3-11,16,19H,12-15,21H2,1-2H3. The first kappa shape index (κ1) is 15.8. The lowest BCUT2D eigenvalue weighted by molar-refractivity contribution is 0.478. The Morgan fingerprint density at radius 1 is 0.905 bits per heavy atom. The van der Waals surface area contributed by atoms with Crippen molar-refractivity contribution < 1.29 is 0 Å². The SMILES string of the molecule is CC(C)CC(CCN)c1ccccc1Cc1ccccc1. The normalized spacial score (nSPS) is 12.6. The molecule has 0 aliphatic rings. The molecule has 0 spiro atoms. The molecular weight excluding hydrogens is 254 g/mol. The minimum absolute atomic E-state index is 0.579. The second kappa shape index (κ2) is 7.99. The van der Waals surface area contributed by atoms with Crippen LogP contribution in [0.2, 0.25) is 0 Å². The molecule has 0 aliphatic heterocycles. The van der Waals surface area contributed by atoms with Crippen molar-refractivity contribution in [2.75, 3.05) is 6.54 Å². The third-order valence-corrected chi connectivity index (χ3v) is 4.00. The molecule has 0 bridgehead atoms. The molecule has 1 heteroatoms. The van der Waals surface area contributed by atoms with Crippen LogP contribution in [-0.4, -0.2) is 6.54 Å². The summed E-state index contributed by atoms with van der Waals surface area (Å²) in [7, 11) is 0. The summed E-state index contributed by atoms with van der Waals surface area (Å²) in [6, 6.07) is 19.6. The van der Waals surface area contributed by atoms with E-state index in [1.165, 1.54) is 23.1 Å². The van der Waals surface area contributed by atoms with E-state index in [-0.39, 0.29) is 0 Å². The Labute approximate surface area is 129 Å². The van der Waals surface area contributed by atoms with Crippen LogP contribution < -0.4 is 5.73 Å². The lowest BCUT2D eigenvalue weighted by Crippen LogP contribution is -2.12. The van der Waals surface area contributed by atoms with Gasteiger partial charge >= 0.3 is 0 Å². The van der Waals surface area contributed by atoms with Gasteiger partial charge in [0.1, 0.15) is 0 Å². The van der Waals surface area contributed by atoms with Crippen molar-refractivity contribution in [3.63, 3.8) is 0 Å². The lowest BCUT2D eigenvalue weighted by Gasteiger charge is -2.22. The predicted octanol–water partition coefficient (Wildman–Crippen LogP) is 4.76. The van der Waals surface area contributed by atoms with Gasteiger partial charge in [0, 0.05) is 0 Å². The van der Waals surface area contributed by atoms with Crippen LogP contribution in [0.1, 0.15) is 49.3 Å². The Kier molecular flexibility index (Phi) is 6.01. The van der Waals surface area contributed by atoms with Gasteiger partial charge in [0.15, 0.2) is 0 Å². The number of hydrogen-bond acceptors (Lipinski definition) is 1. The van der Waals surface area contributed by atoms with Gasteiger partial charge in [0.05, 0.1) is 0 Å². The van der Waals surface area contributed by atoms with Crippen molar-refractivity contribution in [2.45, 2.75) is 39.0 Å². The molecule has 1 nitrogen and oxygen atoms in total. The van der Waals surface area contributed by atoms with Gasteiger partial charge in [-0.3, -0.25) is 0 Å². The molecule has 0 heterocycles. The molecule has 0 fully saturated rings. The van der Waals surface area contributed by atoms with E-state index >= 15 is 0 Å². The van der Waals surface area contributed by atoms with E-state index in [0.717, 1.165) is 19.4 Å². The summed E-state index contributed by atoms with van der Waals surface area (Å²) in [5, 5.41) is 0. The minimum Gasteiger partial charge on any atom is -0.330 e. The van der Waals surface area contributed by atoms with Crippen LogP contribution in [0.15, 0.2) is 54.6 Å². The van der Waals surface area contributed by atoms with Crippen LogP contribution in [0.25, 0.3) is 0 Å². The Morgan fingerprint density at radius 2 is 1.57 bits per heavy atom. The summed E-state index contributed by atoms with van der Waals surface area (Å²) in [4.78, 5) is 0. The van der Waals surface area contributed by atoms with Crippen molar-refractivity contribution >= 4 is 0 Å². The molecule has 21 heavy (non-hydrogen) atoms. The van der Waals surface area contributed by atoms with Crippen molar-refractivity contribution in [1.82, 2.24) is 0 Å². The van der Waals surface area contributed by atoms with Crippen LogP contribution in [0.3, 0.4) is 0 Å². The van der Waals surface area contributed by atoms with Gasteiger partial charge in [0.2, 0.25) is 0 Å². The highest BCUT2D eigenvalue weighted by Crippen LogP contribution is 2.30. The zero-order valence-corrected chi connectivity index (χ0v) is 13.3. The van der Waals surface area contributed by atoms with Gasteiger partial charge in [-0.2, -0.15) is 0 Å². The Morgan fingerprint density at radius 3 is 2.24 bits per heavy atom. The largest absolute Gasteiger partial charge is 0.330 e. The van der Waals surface area contributed by atoms with Gasteiger partial charge in [-0.15, -0.1) is 0 Å². The molecule has 2 N–H and O–H groups in total. The van der Waals surface area contributed by atoms with Crippen LogP contribution in [-0.2, 0) is 6.42 Å². The maximum atomic E-state index is 5.85. The predicted molar refractivity (Wildman–Crippen MR) is 91.6 cm³/mol. The Bertz CT molecular complexity index is 531. The highest BCUT2D eigenvalue weighted by molar-refractivity contribution is 5.35. The van der Waals surface area contributed by atoms with Crippen molar-refractivity contribution in [1.29, 1.82) is 0 Å². The van der Waals surface area contributed by atoms with Crippen LogP contribution in [0.5, 0.6) is 0 Å². The Balaban J connectivity index is 2.25. The van der Waals surface area contributed by atoms with E-state index in [1.807, 2.05) is 0 Å². The number of nitrogens with two attached hydrogens (primary N) is 1. The topological polar surface area (TPSA) is 26.0 Å². The summed E-state index contributed by atoms with van der Waals surface area (Å²) < 4.78 is 0. The molecule has 0 amide bonds. The minimum atomic E-state index is 0.579. The summed E-state index contributed by atoms with van der Waals surface area (Å²) >= 11 is 0. The van der Waals surface area contributed by atoms with E-state index in [2.05, 4.69) is 68.4 Å². The van der Waals surface area contributed by atoms with Crippen LogP contribution >= 0.6 is 0 Å². The van der Waals surface area contributed by atoms with Crippen molar-refractivity contribution in [2.24, 2.45) is 11.7 Å². The smallest absolute Gasteiger partial charge is 0.00229 e. The van der Waals surface area contributed by atoms with E-state index in [4.69, 9.17) is 5.73 Å². The van der Waals surface area contributed by atoms with Crippen molar-refractivity contribution in [3.8, 4) is 0 Å². The quantitative estimate of drug-likeness (QED) is 0.778. The van der Waals surface area contributed by atoms with E-state index in [0.29, 0.717) is 11.8 Å². The molecule has 0 saturated carbocycles. The zero-order valence-electron chi connectivity index (χ0n) is 13.3.